The number of hydrogen-bond donors (Lipinski definition) is 0. The van der Waals surface area contributed by atoms with Crippen molar-refractivity contribution in [2.75, 3.05) is 20.2 Å². The Bertz CT molecular complexity index is 1080. The summed E-state index contributed by atoms with van der Waals surface area (Å²) < 4.78 is 8.28. The van der Waals surface area contributed by atoms with Crippen molar-refractivity contribution in [2.45, 2.75) is 31.6 Å². The molecular weight excluding hydrogens is 392 g/mol. The first-order valence-corrected chi connectivity index (χ1v) is 10.7. The number of carbonyl (C=O) groups excluding carboxylic acids is 1. The number of para-hydroxylation sites is 1. The third kappa shape index (κ3) is 4.55. The van der Waals surface area contributed by atoms with Gasteiger partial charge in [0.25, 0.3) is 0 Å². The summed E-state index contributed by atoms with van der Waals surface area (Å²) in [6.07, 6.45) is 2.82. The zero-order valence-electron chi connectivity index (χ0n) is 18.0. The van der Waals surface area contributed by atoms with Crippen molar-refractivity contribution >= 4 is 5.91 Å². The highest BCUT2D eigenvalue weighted by Gasteiger charge is 2.28. The molecule has 7 heteroatoms. The Morgan fingerprint density at radius 3 is 2.39 bits per heavy atom. The van der Waals surface area contributed by atoms with E-state index in [-0.39, 0.29) is 17.5 Å². The number of amides is 1. The molecule has 4 rings (SSSR count). The van der Waals surface area contributed by atoms with Crippen LogP contribution in [-0.4, -0.2) is 45.4 Å². The fraction of sp³-hybridized carbons (Fsp3) is 0.375. The number of carbonyl (C=O) groups is 1. The van der Waals surface area contributed by atoms with Gasteiger partial charge in [-0.3, -0.25) is 4.79 Å². The van der Waals surface area contributed by atoms with Crippen LogP contribution in [0.4, 0.5) is 0 Å². The molecule has 2 heterocycles. The molecule has 31 heavy (non-hydrogen) atoms. The minimum Gasteiger partial charge on any atom is -0.497 e. The maximum Gasteiger partial charge on any atom is 0.350 e. The number of ether oxygens (including phenoxy) is 1. The average molecular weight is 421 g/mol. The van der Waals surface area contributed by atoms with Crippen LogP contribution in [0.3, 0.4) is 0 Å². The summed E-state index contributed by atoms with van der Waals surface area (Å²) in [5.41, 5.74) is 1.82. The van der Waals surface area contributed by atoms with Gasteiger partial charge in [0.05, 0.1) is 12.8 Å². The Hall–Kier alpha value is -3.35. The van der Waals surface area contributed by atoms with Crippen molar-refractivity contribution < 1.29 is 9.53 Å². The van der Waals surface area contributed by atoms with Crippen molar-refractivity contribution in [2.24, 2.45) is 7.05 Å². The summed E-state index contributed by atoms with van der Waals surface area (Å²) in [7, 11) is 3.33. The largest absolute Gasteiger partial charge is 0.497 e. The molecule has 0 aliphatic carbocycles. The summed E-state index contributed by atoms with van der Waals surface area (Å²) in [5.74, 6) is 1.93. The molecule has 1 saturated heterocycles. The van der Waals surface area contributed by atoms with Gasteiger partial charge in [-0.25, -0.2) is 14.0 Å². The molecule has 1 aliphatic heterocycles. The van der Waals surface area contributed by atoms with Crippen molar-refractivity contribution in [1.29, 1.82) is 0 Å². The summed E-state index contributed by atoms with van der Waals surface area (Å²) in [4.78, 5) is 27.3. The van der Waals surface area contributed by atoms with E-state index in [1.165, 1.54) is 4.68 Å². The fourth-order valence-electron chi connectivity index (χ4n) is 4.16. The van der Waals surface area contributed by atoms with Crippen molar-refractivity contribution in [3.8, 4) is 11.4 Å². The van der Waals surface area contributed by atoms with Crippen LogP contribution in [0.5, 0.6) is 5.75 Å². The number of aryl methyl sites for hydroxylation is 2. The smallest absolute Gasteiger partial charge is 0.350 e. The fourth-order valence-corrected chi connectivity index (χ4v) is 4.16. The predicted molar refractivity (Wildman–Crippen MR) is 119 cm³/mol. The van der Waals surface area contributed by atoms with Gasteiger partial charge in [0.15, 0.2) is 0 Å². The van der Waals surface area contributed by atoms with E-state index in [1.54, 1.807) is 18.7 Å². The molecule has 1 amide bonds. The zero-order chi connectivity index (χ0) is 21.8. The predicted octanol–water partition coefficient (Wildman–Crippen LogP) is 2.92. The SMILES string of the molecule is COc1ccc(CCC(=O)N2CCC(c3nn(C)c(=O)n3-c3ccccc3)CC2)cc1. The van der Waals surface area contributed by atoms with Gasteiger partial charge < -0.3 is 9.64 Å². The van der Waals surface area contributed by atoms with E-state index in [2.05, 4.69) is 5.10 Å². The Labute approximate surface area is 181 Å². The quantitative estimate of drug-likeness (QED) is 0.615. The van der Waals surface area contributed by atoms with Crippen LogP contribution in [-0.2, 0) is 18.3 Å². The van der Waals surface area contributed by atoms with Crippen LogP contribution in [0.1, 0.15) is 36.6 Å². The summed E-state index contributed by atoms with van der Waals surface area (Å²) in [6.45, 7) is 1.37. The minimum atomic E-state index is -0.140. The molecule has 1 fully saturated rings. The molecule has 1 aromatic heterocycles. The molecule has 0 saturated carbocycles. The van der Waals surface area contributed by atoms with Crippen LogP contribution >= 0.6 is 0 Å². The van der Waals surface area contributed by atoms with Crippen molar-refractivity contribution in [3.05, 3.63) is 76.5 Å². The van der Waals surface area contributed by atoms with Gasteiger partial charge in [-0.2, -0.15) is 5.10 Å². The number of aromatic nitrogens is 3. The summed E-state index contributed by atoms with van der Waals surface area (Å²) in [6, 6.07) is 17.5. The molecule has 0 spiro atoms. The molecule has 1 aliphatic rings. The molecular formula is C24H28N4O3. The Balaban J connectivity index is 1.38. The van der Waals surface area contributed by atoms with Gasteiger partial charge in [0, 0.05) is 32.5 Å². The van der Waals surface area contributed by atoms with Crippen LogP contribution < -0.4 is 10.4 Å². The number of benzene rings is 2. The first kappa shape index (κ1) is 20.9. The van der Waals surface area contributed by atoms with E-state index < -0.39 is 0 Å². The molecule has 0 bridgehead atoms. The number of methoxy groups -OCH3 is 1. The Morgan fingerprint density at radius 2 is 1.74 bits per heavy atom. The lowest BCUT2D eigenvalue weighted by Gasteiger charge is -2.31. The lowest BCUT2D eigenvalue weighted by molar-refractivity contribution is -0.132. The van der Waals surface area contributed by atoms with Gasteiger partial charge in [-0.05, 0) is 49.1 Å². The summed E-state index contributed by atoms with van der Waals surface area (Å²) in [5, 5.41) is 4.52. The molecule has 0 radical (unpaired) electrons. The van der Waals surface area contributed by atoms with E-state index in [0.717, 1.165) is 42.1 Å². The Morgan fingerprint density at radius 1 is 1.06 bits per heavy atom. The zero-order valence-corrected chi connectivity index (χ0v) is 18.0. The van der Waals surface area contributed by atoms with Gasteiger partial charge in [-0.15, -0.1) is 0 Å². The lowest BCUT2D eigenvalue weighted by atomic mass is 9.95. The highest BCUT2D eigenvalue weighted by molar-refractivity contribution is 5.76. The minimum absolute atomic E-state index is 0.140. The highest BCUT2D eigenvalue weighted by atomic mass is 16.5. The van der Waals surface area contributed by atoms with Crippen molar-refractivity contribution in [1.82, 2.24) is 19.2 Å². The van der Waals surface area contributed by atoms with Gasteiger partial charge in [-0.1, -0.05) is 30.3 Å². The van der Waals surface area contributed by atoms with Gasteiger partial charge in [0.1, 0.15) is 11.6 Å². The van der Waals surface area contributed by atoms with E-state index in [9.17, 15) is 9.59 Å². The second-order valence-electron chi connectivity index (χ2n) is 7.94. The number of likely N-dealkylation sites (tertiary alicyclic amines) is 1. The van der Waals surface area contributed by atoms with Crippen molar-refractivity contribution in [3.63, 3.8) is 0 Å². The van der Waals surface area contributed by atoms with Gasteiger partial charge in [0.2, 0.25) is 5.91 Å². The molecule has 3 aromatic rings. The third-order valence-electron chi connectivity index (χ3n) is 5.96. The van der Waals surface area contributed by atoms with E-state index in [0.29, 0.717) is 19.5 Å². The summed E-state index contributed by atoms with van der Waals surface area (Å²) >= 11 is 0. The molecule has 0 unspecified atom stereocenters. The molecule has 7 nitrogen and oxygen atoms in total. The van der Waals surface area contributed by atoms with E-state index >= 15 is 0 Å². The third-order valence-corrected chi connectivity index (χ3v) is 5.96. The lowest BCUT2D eigenvalue weighted by Crippen LogP contribution is -2.38. The maximum absolute atomic E-state index is 12.7. The number of rotatable bonds is 6. The number of hydrogen-bond acceptors (Lipinski definition) is 4. The van der Waals surface area contributed by atoms with Crippen LogP contribution in [0.25, 0.3) is 5.69 Å². The van der Waals surface area contributed by atoms with Crippen LogP contribution in [0.15, 0.2) is 59.4 Å². The van der Waals surface area contributed by atoms with E-state index in [1.807, 2.05) is 59.5 Å². The van der Waals surface area contributed by atoms with Gasteiger partial charge >= 0.3 is 5.69 Å². The van der Waals surface area contributed by atoms with Crippen LogP contribution in [0, 0.1) is 0 Å². The van der Waals surface area contributed by atoms with E-state index in [4.69, 9.17) is 4.74 Å². The molecule has 2 aromatic carbocycles. The first-order valence-electron chi connectivity index (χ1n) is 10.7. The second kappa shape index (κ2) is 9.20. The normalized spacial score (nSPS) is 14.6. The molecule has 162 valence electrons. The maximum atomic E-state index is 12.7. The highest BCUT2D eigenvalue weighted by Crippen LogP contribution is 2.28. The average Bonchev–Trinajstić information content (AvgIpc) is 3.12. The molecule has 0 atom stereocenters. The Kier molecular flexibility index (Phi) is 6.21. The van der Waals surface area contributed by atoms with Crippen LogP contribution in [0.2, 0.25) is 0 Å². The number of nitrogens with zero attached hydrogens (tertiary/aromatic N) is 4. The topological polar surface area (TPSA) is 69.4 Å². The monoisotopic (exact) mass is 420 g/mol. The standard InChI is InChI=1S/C24H28N4O3/c1-26-24(30)28(20-6-4-3-5-7-20)23(25-26)19-14-16-27(17-15-19)22(29)13-10-18-8-11-21(31-2)12-9-18/h3-9,11-12,19H,10,13-17H2,1-2H3. The first-order chi connectivity index (χ1) is 15.1. The molecule has 0 N–H and O–H groups in total. The number of piperidine rings is 1. The second-order valence-corrected chi connectivity index (χ2v) is 7.94.